The van der Waals surface area contributed by atoms with Gasteiger partial charge in [-0.15, -0.1) is 0 Å². The van der Waals surface area contributed by atoms with E-state index >= 15 is 0 Å². The second kappa shape index (κ2) is 8.56. The third-order valence-electron chi connectivity index (χ3n) is 2.71. The van der Waals surface area contributed by atoms with E-state index < -0.39 is 0 Å². The minimum absolute atomic E-state index is 0. The number of hydrogen-bond donors (Lipinski definition) is 0. The number of allylic oxidation sites excluding steroid dienone is 8. The standard InChI is InChI=1S/C12H14.2ClH.Zr/c1-10(11-6-2-3-7-11)12-8-4-5-9-12;;;/h2-6,8,10H,7,9H2,1H3;2*1H;/q;;;+2/p-2. The van der Waals surface area contributed by atoms with Gasteiger partial charge in [0.2, 0.25) is 0 Å². The van der Waals surface area contributed by atoms with Gasteiger partial charge in [-0.3, -0.25) is 0 Å². The summed E-state index contributed by atoms with van der Waals surface area (Å²) < 4.78 is 0. The molecule has 0 fully saturated rings. The minimum atomic E-state index is 0. The topological polar surface area (TPSA) is 0 Å². The number of rotatable bonds is 2. The van der Waals surface area contributed by atoms with Crippen molar-refractivity contribution in [2.75, 3.05) is 0 Å². The fourth-order valence-electron chi connectivity index (χ4n) is 1.81. The summed E-state index contributed by atoms with van der Waals surface area (Å²) in [5.74, 6) is 0.648. The Morgan fingerprint density at radius 2 is 1.33 bits per heavy atom. The van der Waals surface area contributed by atoms with Crippen LogP contribution in [0.3, 0.4) is 0 Å². The predicted octanol–water partition coefficient (Wildman–Crippen LogP) is -2.60. The third-order valence-corrected chi connectivity index (χ3v) is 2.71. The second-order valence-electron chi connectivity index (χ2n) is 3.47. The molecule has 0 unspecified atom stereocenters. The molecule has 0 aromatic heterocycles. The summed E-state index contributed by atoms with van der Waals surface area (Å²) in [5.41, 5.74) is 3.12. The molecule has 0 amide bonds. The Hall–Kier alpha value is 0.423. The zero-order valence-electron chi connectivity index (χ0n) is 8.71. The van der Waals surface area contributed by atoms with Crippen LogP contribution in [-0.4, -0.2) is 0 Å². The van der Waals surface area contributed by atoms with Gasteiger partial charge in [-0.1, -0.05) is 54.5 Å². The van der Waals surface area contributed by atoms with E-state index in [1.165, 1.54) is 0 Å². The van der Waals surface area contributed by atoms with E-state index in [1.54, 1.807) is 11.1 Å². The van der Waals surface area contributed by atoms with Gasteiger partial charge in [-0.25, -0.2) is 0 Å². The van der Waals surface area contributed by atoms with Crippen LogP contribution in [0.1, 0.15) is 19.8 Å². The van der Waals surface area contributed by atoms with Crippen LogP contribution in [0.4, 0.5) is 0 Å². The van der Waals surface area contributed by atoms with Crippen molar-refractivity contribution in [3.05, 3.63) is 47.6 Å². The molecule has 15 heavy (non-hydrogen) atoms. The van der Waals surface area contributed by atoms with E-state index in [9.17, 15) is 0 Å². The molecule has 3 heteroatoms. The molecule has 2 aliphatic rings. The molecule has 2 rings (SSSR count). The summed E-state index contributed by atoms with van der Waals surface area (Å²) in [4.78, 5) is 0. The van der Waals surface area contributed by atoms with Crippen molar-refractivity contribution in [2.24, 2.45) is 5.92 Å². The van der Waals surface area contributed by atoms with Gasteiger partial charge >= 0.3 is 26.2 Å². The van der Waals surface area contributed by atoms with Crippen molar-refractivity contribution >= 4 is 0 Å². The van der Waals surface area contributed by atoms with Crippen molar-refractivity contribution < 1.29 is 51.0 Å². The van der Waals surface area contributed by atoms with Crippen LogP contribution in [0.15, 0.2) is 47.6 Å². The predicted molar refractivity (Wildman–Crippen MR) is 52.8 cm³/mol. The van der Waals surface area contributed by atoms with E-state index in [0.717, 1.165) is 12.8 Å². The Morgan fingerprint density at radius 1 is 0.933 bits per heavy atom. The minimum Gasteiger partial charge on any atom is -1.00 e. The molecule has 0 aromatic rings. The molecule has 80 valence electrons. The maximum Gasteiger partial charge on any atom is 2.00 e. The Kier molecular flexibility index (Phi) is 10.2. The molecule has 0 heterocycles. The molecule has 0 N–H and O–H groups in total. The van der Waals surface area contributed by atoms with Crippen LogP contribution in [0.2, 0.25) is 0 Å². The number of halogens is 2. The van der Waals surface area contributed by atoms with Crippen molar-refractivity contribution in [3.63, 3.8) is 0 Å². The zero-order valence-corrected chi connectivity index (χ0v) is 12.7. The molecular formula is C12H14Cl2Zr. The molecule has 0 spiro atoms. The first-order chi connectivity index (χ1) is 5.88. The van der Waals surface area contributed by atoms with Crippen LogP contribution in [0.25, 0.3) is 0 Å². The fourth-order valence-corrected chi connectivity index (χ4v) is 1.81. The molecule has 0 saturated heterocycles. The van der Waals surface area contributed by atoms with E-state index in [2.05, 4.69) is 43.4 Å². The first kappa shape index (κ1) is 17.8. The summed E-state index contributed by atoms with van der Waals surface area (Å²) in [6, 6.07) is 0. The van der Waals surface area contributed by atoms with E-state index in [1.807, 2.05) is 0 Å². The largest absolute Gasteiger partial charge is 2.00 e. The van der Waals surface area contributed by atoms with Crippen molar-refractivity contribution in [2.45, 2.75) is 19.8 Å². The van der Waals surface area contributed by atoms with Gasteiger partial charge in [0.15, 0.2) is 0 Å². The average Bonchev–Trinajstić information content (AvgIpc) is 2.77. The quantitative estimate of drug-likeness (QED) is 0.524. The van der Waals surface area contributed by atoms with Gasteiger partial charge in [0.25, 0.3) is 0 Å². The van der Waals surface area contributed by atoms with Crippen LogP contribution in [0.5, 0.6) is 0 Å². The molecular weight excluding hydrogens is 306 g/mol. The van der Waals surface area contributed by atoms with E-state index in [0.29, 0.717) is 5.92 Å². The monoisotopic (exact) mass is 318 g/mol. The summed E-state index contributed by atoms with van der Waals surface area (Å²) in [7, 11) is 0. The molecule has 0 radical (unpaired) electrons. The van der Waals surface area contributed by atoms with Gasteiger partial charge < -0.3 is 24.8 Å². The van der Waals surface area contributed by atoms with E-state index in [4.69, 9.17) is 0 Å². The molecule has 0 atom stereocenters. The Morgan fingerprint density at radius 3 is 1.60 bits per heavy atom. The molecule has 0 aliphatic heterocycles. The number of hydrogen-bond acceptors (Lipinski definition) is 0. The summed E-state index contributed by atoms with van der Waals surface area (Å²) >= 11 is 0. The molecule has 0 nitrogen and oxygen atoms in total. The molecule has 2 aliphatic carbocycles. The van der Waals surface area contributed by atoms with Crippen molar-refractivity contribution in [3.8, 4) is 0 Å². The zero-order chi connectivity index (χ0) is 8.39. The average molecular weight is 320 g/mol. The van der Waals surface area contributed by atoms with Crippen molar-refractivity contribution in [1.29, 1.82) is 0 Å². The summed E-state index contributed by atoms with van der Waals surface area (Å²) in [5, 5.41) is 0. The maximum absolute atomic E-state index is 2.30. The second-order valence-corrected chi connectivity index (χ2v) is 3.47. The van der Waals surface area contributed by atoms with Crippen LogP contribution >= 0.6 is 0 Å². The Bertz CT molecular complexity index is 271. The van der Waals surface area contributed by atoms with Crippen molar-refractivity contribution in [1.82, 2.24) is 0 Å². The Balaban J connectivity index is 0. The normalized spacial score (nSPS) is 16.4. The van der Waals surface area contributed by atoms with Crippen LogP contribution in [-0.2, 0) is 26.2 Å². The molecule has 0 saturated carbocycles. The van der Waals surface area contributed by atoms with Gasteiger partial charge in [-0.2, -0.15) is 0 Å². The smallest absolute Gasteiger partial charge is 1.00 e. The maximum atomic E-state index is 2.30. The third kappa shape index (κ3) is 4.43. The summed E-state index contributed by atoms with van der Waals surface area (Å²) in [6.45, 7) is 2.30. The molecule has 0 aromatic carbocycles. The first-order valence-electron chi connectivity index (χ1n) is 4.59. The SMILES string of the molecule is CC(C1=CC=CC1)C1=CC=CC1.[Cl-].[Cl-].[Zr+2]. The fraction of sp³-hybridized carbons (Fsp3) is 0.333. The van der Waals surface area contributed by atoms with Crippen LogP contribution in [0, 0.1) is 5.92 Å². The van der Waals surface area contributed by atoms with Gasteiger partial charge in [0.05, 0.1) is 0 Å². The summed E-state index contributed by atoms with van der Waals surface area (Å²) in [6.07, 6.45) is 15.6. The van der Waals surface area contributed by atoms with Gasteiger partial charge in [0, 0.05) is 0 Å². The first-order valence-corrected chi connectivity index (χ1v) is 4.59. The van der Waals surface area contributed by atoms with E-state index in [-0.39, 0.29) is 51.0 Å². The van der Waals surface area contributed by atoms with Gasteiger partial charge in [0.1, 0.15) is 0 Å². The Labute approximate surface area is 124 Å². The molecule has 0 bridgehead atoms. The van der Waals surface area contributed by atoms with Gasteiger partial charge in [-0.05, 0) is 18.8 Å². The van der Waals surface area contributed by atoms with Crippen LogP contribution < -0.4 is 24.8 Å².